The van der Waals surface area contributed by atoms with Gasteiger partial charge in [-0.1, -0.05) is 6.08 Å². The topological polar surface area (TPSA) is 55.4 Å². The molecule has 0 saturated carbocycles. The van der Waals surface area contributed by atoms with E-state index in [-0.39, 0.29) is 0 Å². The molecule has 17 heavy (non-hydrogen) atoms. The fourth-order valence-electron chi connectivity index (χ4n) is 0.959. The van der Waals surface area contributed by atoms with E-state index in [1.54, 1.807) is 6.92 Å². The molecule has 0 aliphatic heterocycles. The van der Waals surface area contributed by atoms with Crippen LogP contribution in [-0.4, -0.2) is 12.1 Å². The number of hydrogen-bond donors (Lipinski definition) is 1. The van der Waals surface area contributed by atoms with Crippen LogP contribution in [-0.2, 0) is 9.53 Å². The summed E-state index contributed by atoms with van der Waals surface area (Å²) in [6, 6.07) is 5.11. The van der Waals surface area contributed by atoms with E-state index in [9.17, 15) is 14.0 Å². The molecule has 0 heterocycles. The van der Waals surface area contributed by atoms with Gasteiger partial charge < -0.3 is 4.74 Å². The molecule has 1 aromatic rings. The molecule has 1 amide bonds. The van der Waals surface area contributed by atoms with E-state index in [4.69, 9.17) is 0 Å². The Morgan fingerprint density at radius 2 is 1.88 bits per heavy atom. The normalized spacial score (nSPS) is 10.9. The van der Waals surface area contributed by atoms with Crippen molar-refractivity contribution in [2.24, 2.45) is 0 Å². The van der Waals surface area contributed by atoms with Gasteiger partial charge in [0, 0.05) is 11.3 Å². The molecule has 1 aromatic carbocycles. The van der Waals surface area contributed by atoms with Gasteiger partial charge in [-0.05, 0) is 38.1 Å². The molecule has 4 nitrogen and oxygen atoms in total. The summed E-state index contributed by atoms with van der Waals surface area (Å²) in [6.45, 7) is 3.20. The Morgan fingerprint density at radius 1 is 1.29 bits per heavy atom. The third kappa shape index (κ3) is 4.06. The van der Waals surface area contributed by atoms with E-state index in [1.807, 2.05) is 0 Å². The maximum Gasteiger partial charge on any atom is 0.419 e. The third-order valence-corrected chi connectivity index (χ3v) is 2.03. The number of ether oxygens (including phenoxy) is 1. The molecule has 0 saturated heterocycles. The summed E-state index contributed by atoms with van der Waals surface area (Å²) in [5.41, 5.74) is 0.682. The van der Waals surface area contributed by atoms with Crippen LogP contribution in [0.3, 0.4) is 0 Å². The van der Waals surface area contributed by atoms with E-state index < -0.39 is 17.9 Å². The van der Waals surface area contributed by atoms with Gasteiger partial charge in [0.2, 0.25) is 0 Å². The minimum Gasteiger partial charge on any atom is -0.373 e. The number of hydrogen-bond acceptors (Lipinski definition) is 3. The van der Waals surface area contributed by atoms with Gasteiger partial charge >= 0.3 is 12.1 Å². The van der Waals surface area contributed by atoms with Gasteiger partial charge in [0.25, 0.3) is 0 Å². The zero-order valence-corrected chi connectivity index (χ0v) is 9.49. The van der Waals surface area contributed by atoms with Crippen LogP contribution < -0.4 is 5.32 Å². The number of halogens is 1. The van der Waals surface area contributed by atoms with Crippen molar-refractivity contribution in [3.63, 3.8) is 0 Å². The average molecular weight is 237 g/mol. The standard InChI is InChI=1S/C12H12FNO3/c1-3-8(2)11(15)17-12(16)14-10-6-4-9(13)5-7-10/h3-7H,1-2H3,(H,14,16). The fraction of sp³-hybridized carbons (Fsp3) is 0.167. The Labute approximate surface area is 98.1 Å². The van der Waals surface area contributed by atoms with Crippen molar-refractivity contribution in [2.45, 2.75) is 13.8 Å². The highest BCUT2D eigenvalue weighted by Crippen LogP contribution is 2.09. The summed E-state index contributed by atoms with van der Waals surface area (Å²) < 4.78 is 17.1. The van der Waals surface area contributed by atoms with Crippen LogP contribution in [0, 0.1) is 5.82 Å². The molecular weight excluding hydrogens is 225 g/mol. The van der Waals surface area contributed by atoms with Crippen molar-refractivity contribution >= 4 is 17.7 Å². The van der Waals surface area contributed by atoms with Crippen molar-refractivity contribution in [2.75, 3.05) is 5.32 Å². The molecule has 0 bridgehead atoms. The lowest BCUT2D eigenvalue weighted by Gasteiger charge is -2.05. The lowest BCUT2D eigenvalue weighted by Crippen LogP contribution is -2.18. The minimum atomic E-state index is -0.900. The first-order chi connectivity index (χ1) is 8.02. The summed E-state index contributed by atoms with van der Waals surface area (Å²) in [4.78, 5) is 22.5. The SMILES string of the molecule is CC=C(C)C(=O)OC(=O)Nc1ccc(F)cc1. The van der Waals surface area contributed by atoms with Crippen molar-refractivity contribution in [1.29, 1.82) is 0 Å². The van der Waals surface area contributed by atoms with Gasteiger partial charge in [-0.25, -0.2) is 14.0 Å². The minimum absolute atomic E-state index is 0.333. The number of benzene rings is 1. The summed E-state index contributed by atoms with van der Waals surface area (Å²) in [5, 5.41) is 2.30. The number of esters is 1. The first-order valence-electron chi connectivity index (χ1n) is 4.94. The van der Waals surface area contributed by atoms with E-state index >= 15 is 0 Å². The van der Waals surface area contributed by atoms with E-state index in [0.717, 1.165) is 0 Å². The molecular formula is C12H12FNO3. The van der Waals surface area contributed by atoms with Gasteiger partial charge in [-0.3, -0.25) is 5.32 Å². The number of carbonyl (C=O) groups excluding carboxylic acids is 2. The highest BCUT2D eigenvalue weighted by atomic mass is 19.1. The van der Waals surface area contributed by atoms with Crippen LogP contribution in [0.15, 0.2) is 35.9 Å². The number of anilines is 1. The zero-order valence-electron chi connectivity index (χ0n) is 9.49. The number of rotatable bonds is 2. The molecule has 0 spiro atoms. The Morgan fingerprint density at radius 3 is 2.41 bits per heavy atom. The van der Waals surface area contributed by atoms with E-state index in [1.165, 1.54) is 37.3 Å². The lowest BCUT2D eigenvalue weighted by atomic mass is 10.3. The predicted octanol–water partition coefficient (Wildman–Crippen LogP) is 2.87. The molecule has 1 N–H and O–H groups in total. The van der Waals surface area contributed by atoms with Crippen molar-refractivity contribution < 1.29 is 18.7 Å². The van der Waals surface area contributed by atoms with Gasteiger partial charge in [0.05, 0.1) is 0 Å². The Kier molecular flexibility index (Phi) is 4.39. The van der Waals surface area contributed by atoms with Crippen molar-refractivity contribution in [3.05, 3.63) is 41.7 Å². The molecule has 0 aliphatic carbocycles. The highest BCUT2D eigenvalue weighted by Gasteiger charge is 2.11. The first kappa shape index (κ1) is 12.9. The van der Waals surface area contributed by atoms with Crippen LogP contribution in [0.1, 0.15) is 13.8 Å². The van der Waals surface area contributed by atoms with Crippen molar-refractivity contribution in [3.8, 4) is 0 Å². The predicted molar refractivity (Wildman–Crippen MR) is 60.9 cm³/mol. The van der Waals surface area contributed by atoms with Gasteiger partial charge in [0.1, 0.15) is 5.82 Å². The largest absolute Gasteiger partial charge is 0.419 e. The maximum atomic E-state index is 12.6. The van der Waals surface area contributed by atoms with E-state index in [0.29, 0.717) is 11.3 Å². The molecule has 0 radical (unpaired) electrons. The van der Waals surface area contributed by atoms with Crippen LogP contribution in [0.25, 0.3) is 0 Å². The number of allylic oxidation sites excluding steroid dienone is 1. The first-order valence-corrected chi connectivity index (χ1v) is 4.94. The number of nitrogens with one attached hydrogen (secondary N) is 1. The molecule has 90 valence electrons. The number of amides is 1. The summed E-state index contributed by atoms with van der Waals surface area (Å²) in [6.07, 6.45) is 0.635. The van der Waals surface area contributed by atoms with Crippen molar-refractivity contribution in [1.82, 2.24) is 0 Å². The quantitative estimate of drug-likeness (QED) is 0.489. The second kappa shape index (κ2) is 5.79. The Bertz CT molecular complexity index is 451. The average Bonchev–Trinajstić information content (AvgIpc) is 2.30. The molecule has 0 aromatic heterocycles. The van der Waals surface area contributed by atoms with Gasteiger partial charge in [-0.15, -0.1) is 0 Å². The third-order valence-electron chi connectivity index (χ3n) is 2.03. The molecule has 0 aliphatic rings. The van der Waals surface area contributed by atoms with Crippen LogP contribution in [0.2, 0.25) is 0 Å². The van der Waals surface area contributed by atoms with Crippen LogP contribution in [0.4, 0.5) is 14.9 Å². The Hall–Kier alpha value is -2.17. The molecule has 0 unspecified atom stereocenters. The second-order valence-corrected chi connectivity index (χ2v) is 3.28. The smallest absolute Gasteiger partial charge is 0.373 e. The highest BCUT2D eigenvalue weighted by molar-refractivity contribution is 5.99. The second-order valence-electron chi connectivity index (χ2n) is 3.28. The Balaban J connectivity index is 2.56. The van der Waals surface area contributed by atoms with Gasteiger partial charge in [0.15, 0.2) is 0 Å². The molecule has 0 fully saturated rings. The summed E-state index contributed by atoms with van der Waals surface area (Å²) >= 11 is 0. The number of carbonyl (C=O) groups is 2. The molecule has 1 rings (SSSR count). The molecule has 0 atom stereocenters. The monoisotopic (exact) mass is 237 g/mol. The lowest BCUT2D eigenvalue weighted by molar-refractivity contribution is -0.132. The molecule has 5 heteroatoms. The van der Waals surface area contributed by atoms with Crippen LogP contribution in [0.5, 0.6) is 0 Å². The van der Waals surface area contributed by atoms with Crippen LogP contribution >= 0.6 is 0 Å². The van der Waals surface area contributed by atoms with Gasteiger partial charge in [-0.2, -0.15) is 0 Å². The maximum absolute atomic E-state index is 12.6. The zero-order chi connectivity index (χ0) is 12.8. The fourth-order valence-corrected chi connectivity index (χ4v) is 0.959. The van der Waals surface area contributed by atoms with E-state index in [2.05, 4.69) is 10.1 Å². The summed E-state index contributed by atoms with van der Waals surface area (Å²) in [7, 11) is 0. The summed E-state index contributed by atoms with van der Waals surface area (Å²) in [5.74, 6) is -1.13.